The summed E-state index contributed by atoms with van der Waals surface area (Å²) in [4.78, 5) is 14.8. The van der Waals surface area contributed by atoms with Gasteiger partial charge in [-0.15, -0.1) is 0 Å². The standard InChI is InChI=1S/C12H15N5O/c1-9-2-3-14-4-10(9)5-15-11-6-16-17(7-11)8-12(13)18/h2-4,6-7,15H,5,8H2,1H3,(H2,13,18). The predicted molar refractivity (Wildman–Crippen MR) is 67.7 cm³/mol. The van der Waals surface area contributed by atoms with E-state index in [0.717, 1.165) is 11.3 Å². The molecule has 0 aliphatic carbocycles. The fourth-order valence-corrected chi connectivity index (χ4v) is 1.58. The second-order valence-electron chi connectivity index (χ2n) is 4.05. The normalized spacial score (nSPS) is 10.3. The summed E-state index contributed by atoms with van der Waals surface area (Å²) in [6, 6.07) is 1.97. The van der Waals surface area contributed by atoms with E-state index < -0.39 is 5.91 Å². The minimum Gasteiger partial charge on any atom is -0.378 e. The Hall–Kier alpha value is -2.37. The number of nitrogens with zero attached hydrogens (tertiary/aromatic N) is 3. The van der Waals surface area contributed by atoms with Crippen molar-refractivity contribution in [1.82, 2.24) is 14.8 Å². The van der Waals surface area contributed by atoms with Crippen LogP contribution in [0, 0.1) is 6.92 Å². The third-order valence-corrected chi connectivity index (χ3v) is 2.58. The van der Waals surface area contributed by atoms with Gasteiger partial charge in [-0.3, -0.25) is 14.5 Å². The number of nitrogens with one attached hydrogen (secondary N) is 1. The second-order valence-corrected chi connectivity index (χ2v) is 4.05. The van der Waals surface area contributed by atoms with Crippen LogP contribution in [0.25, 0.3) is 0 Å². The first kappa shape index (κ1) is 12.1. The first-order valence-corrected chi connectivity index (χ1v) is 5.59. The van der Waals surface area contributed by atoms with Crippen molar-refractivity contribution < 1.29 is 4.79 Å². The molecule has 6 heteroatoms. The first-order valence-electron chi connectivity index (χ1n) is 5.59. The molecule has 0 aromatic carbocycles. The fourth-order valence-electron chi connectivity index (χ4n) is 1.58. The Kier molecular flexibility index (Phi) is 3.57. The number of aryl methyl sites for hydroxylation is 1. The van der Waals surface area contributed by atoms with E-state index in [1.807, 2.05) is 19.2 Å². The summed E-state index contributed by atoms with van der Waals surface area (Å²) in [5.41, 5.74) is 8.24. The fraction of sp³-hybridized carbons (Fsp3) is 0.250. The van der Waals surface area contributed by atoms with Gasteiger partial charge in [0.2, 0.25) is 5.91 Å². The number of carbonyl (C=O) groups excluding carboxylic acids is 1. The average Bonchev–Trinajstić information content (AvgIpc) is 2.75. The van der Waals surface area contributed by atoms with Crippen LogP contribution in [0.15, 0.2) is 30.9 Å². The Morgan fingerprint density at radius 2 is 2.33 bits per heavy atom. The third-order valence-electron chi connectivity index (χ3n) is 2.58. The summed E-state index contributed by atoms with van der Waals surface area (Å²) >= 11 is 0. The van der Waals surface area contributed by atoms with E-state index in [4.69, 9.17) is 5.73 Å². The van der Waals surface area contributed by atoms with Gasteiger partial charge >= 0.3 is 0 Å². The maximum Gasteiger partial charge on any atom is 0.239 e. The Morgan fingerprint density at radius 1 is 1.50 bits per heavy atom. The number of carbonyl (C=O) groups is 1. The molecule has 0 aliphatic rings. The minimum atomic E-state index is -0.409. The van der Waals surface area contributed by atoms with Crippen LogP contribution in [0.2, 0.25) is 0 Å². The quantitative estimate of drug-likeness (QED) is 0.811. The third kappa shape index (κ3) is 3.07. The van der Waals surface area contributed by atoms with Gasteiger partial charge in [0.15, 0.2) is 0 Å². The SMILES string of the molecule is Cc1ccncc1CNc1cnn(CC(N)=O)c1. The molecular formula is C12H15N5O. The van der Waals surface area contributed by atoms with Gasteiger partial charge in [0, 0.05) is 25.1 Å². The van der Waals surface area contributed by atoms with E-state index in [2.05, 4.69) is 15.4 Å². The summed E-state index contributed by atoms with van der Waals surface area (Å²) in [7, 11) is 0. The maximum absolute atomic E-state index is 10.7. The molecule has 6 nitrogen and oxygen atoms in total. The summed E-state index contributed by atoms with van der Waals surface area (Å²) in [5, 5.41) is 7.25. The molecular weight excluding hydrogens is 230 g/mol. The number of amides is 1. The van der Waals surface area contributed by atoms with Crippen LogP contribution in [0.1, 0.15) is 11.1 Å². The summed E-state index contributed by atoms with van der Waals surface area (Å²) in [6.07, 6.45) is 7.00. The number of rotatable bonds is 5. The van der Waals surface area contributed by atoms with Crippen molar-refractivity contribution in [3.05, 3.63) is 42.0 Å². The van der Waals surface area contributed by atoms with Crippen molar-refractivity contribution in [2.45, 2.75) is 20.0 Å². The van der Waals surface area contributed by atoms with E-state index in [-0.39, 0.29) is 6.54 Å². The highest BCUT2D eigenvalue weighted by Gasteiger charge is 2.02. The lowest BCUT2D eigenvalue weighted by atomic mass is 10.1. The van der Waals surface area contributed by atoms with Crippen molar-refractivity contribution >= 4 is 11.6 Å². The smallest absolute Gasteiger partial charge is 0.239 e. The highest BCUT2D eigenvalue weighted by molar-refractivity contribution is 5.73. The van der Waals surface area contributed by atoms with Gasteiger partial charge in [0.05, 0.1) is 11.9 Å². The molecule has 0 spiro atoms. The molecule has 0 saturated heterocycles. The summed E-state index contributed by atoms with van der Waals surface area (Å²) in [5.74, 6) is -0.409. The summed E-state index contributed by atoms with van der Waals surface area (Å²) in [6.45, 7) is 2.80. The molecule has 0 saturated carbocycles. The number of anilines is 1. The Labute approximate surface area is 105 Å². The number of primary amides is 1. The lowest BCUT2D eigenvalue weighted by Gasteiger charge is -2.05. The van der Waals surface area contributed by atoms with Crippen LogP contribution in [0.5, 0.6) is 0 Å². The zero-order chi connectivity index (χ0) is 13.0. The lowest BCUT2D eigenvalue weighted by Crippen LogP contribution is -2.18. The Balaban J connectivity index is 1.96. The maximum atomic E-state index is 10.7. The first-order chi connectivity index (χ1) is 8.65. The topological polar surface area (TPSA) is 85.8 Å². The number of hydrogen-bond donors (Lipinski definition) is 2. The van der Waals surface area contributed by atoms with E-state index in [1.54, 1.807) is 18.6 Å². The number of nitrogens with two attached hydrogens (primary N) is 1. The highest BCUT2D eigenvalue weighted by Crippen LogP contribution is 2.10. The molecule has 0 unspecified atom stereocenters. The van der Waals surface area contributed by atoms with E-state index in [1.165, 1.54) is 10.2 Å². The molecule has 2 heterocycles. The summed E-state index contributed by atoms with van der Waals surface area (Å²) < 4.78 is 1.50. The number of pyridine rings is 1. The van der Waals surface area contributed by atoms with Crippen molar-refractivity contribution in [1.29, 1.82) is 0 Å². The zero-order valence-corrected chi connectivity index (χ0v) is 10.1. The predicted octanol–water partition coefficient (Wildman–Crippen LogP) is 0.684. The molecule has 2 rings (SSSR count). The largest absolute Gasteiger partial charge is 0.378 e. The lowest BCUT2D eigenvalue weighted by molar-refractivity contribution is -0.118. The molecule has 18 heavy (non-hydrogen) atoms. The van der Waals surface area contributed by atoms with Gasteiger partial charge < -0.3 is 11.1 Å². The molecule has 2 aromatic rings. The number of aromatic nitrogens is 3. The molecule has 0 radical (unpaired) electrons. The second kappa shape index (κ2) is 5.31. The highest BCUT2D eigenvalue weighted by atomic mass is 16.1. The molecule has 0 bridgehead atoms. The van der Waals surface area contributed by atoms with Gasteiger partial charge in [-0.25, -0.2) is 0 Å². The van der Waals surface area contributed by atoms with Gasteiger partial charge in [-0.2, -0.15) is 5.10 Å². The average molecular weight is 245 g/mol. The van der Waals surface area contributed by atoms with Crippen molar-refractivity contribution in [2.24, 2.45) is 5.73 Å². The van der Waals surface area contributed by atoms with Gasteiger partial charge in [-0.1, -0.05) is 0 Å². The van der Waals surface area contributed by atoms with Crippen LogP contribution < -0.4 is 11.1 Å². The van der Waals surface area contributed by atoms with E-state index in [0.29, 0.717) is 6.54 Å². The van der Waals surface area contributed by atoms with Crippen LogP contribution in [0.4, 0.5) is 5.69 Å². The zero-order valence-electron chi connectivity index (χ0n) is 10.1. The monoisotopic (exact) mass is 245 g/mol. The molecule has 0 fully saturated rings. The van der Waals surface area contributed by atoms with Crippen molar-refractivity contribution in [2.75, 3.05) is 5.32 Å². The van der Waals surface area contributed by atoms with E-state index in [9.17, 15) is 4.79 Å². The van der Waals surface area contributed by atoms with Crippen LogP contribution in [-0.4, -0.2) is 20.7 Å². The van der Waals surface area contributed by atoms with E-state index >= 15 is 0 Å². The van der Waals surface area contributed by atoms with Crippen molar-refractivity contribution in [3.63, 3.8) is 0 Å². The van der Waals surface area contributed by atoms with Crippen LogP contribution in [0.3, 0.4) is 0 Å². The minimum absolute atomic E-state index is 0.0909. The van der Waals surface area contributed by atoms with Gasteiger partial charge in [0.1, 0.15) is 6.54 Å². The Bertz CT molecular complexity index is 549. The van der Waals surface area contributed by atoms with Crippen LogP contribution >= 0.6 is 0 Å². The van der Waals surface area contributed by atoms with Crippen molar-refractivity contribution in [3.8, 4) is 0 Å². The van der Waals surface area contributed by atoms with Crippen LogP contribution in [-0.2, 0) is 17.9 Å². The van der Waals surface area contributed by atoms with Gasteiger partial charge in [0.25, 0.3) is 0 Å². The molecule has 2 aromatic heterocycles. The Morgan fingerprint density at radius 3 is 3.06 bits per heavy atom. The molecule has 1 amide bonds. The van der Waals surface area contributed by atoms with Gasteiger partial charge in [-0.05, 0) is 24.1 Å². The molecule has 0 atom stereocenters. The molecule has 94 valence electrons. The molecule has 3 N–H and O–H groups in total. The molecule has 0 aliphatic heterocycles. The number of hydrogen-bond acceptors (Lipinski definition) is 4.